The Morgan fingerprint density at radius 2 is 1.00 bits per heavy atom. The molecule has 0 bridgehead atoms. The van der Waals surface area contributed by atoms with Gasteiger partial charge in [0.05, 0.1) is 39.9 Å². The minimum Gasteiger partial charge on any atom is -0.390 e. The maximum Gasteiger partial charge on any atom is 0.472 e. The number of aliphatic hydroxyl groups excluding tert-OH is 2. The first kappa shape index (κ1) is 58.7. The van der Waals surface area contributed by atoms with Crippen LogP contribution < -0.4 is 5.32 Å². The van der Waals surface area contributed by atoms with E-state index in [9.17, 15) is 24.5 Å². The zero-order valence-electron chi connectivity index (χ0n) is 39.8. The molecular formula is C50H98N2O7P+. The number of amides is 1. The van der Waals surface area contributed by atoms with Crippen LogP contribution in [0.3, 0.4) is 0 Å². The fourth-order valence-electron chi connectivity index (χ4n) is 7.30. The molecule has 10 heteroatoms. The number of allylic oxidation sites excluding steroid dienone is 6. The van der Waals surface area contributed by atoms with Gasteiger partial charge in [-0.15, -0.1) is 0 Å². The molecule has 0 aromatic rings. The first-order valence-electron chi connectivity index (χ1n) is 24.9. The van der Waals surface area contributed by atoms with Gasteiger partial charge in [-0.3, -0.25) is 13.8 Å². The molecule has 0 aliphatic rings. The average Bonchev–Trinajstić information content (AvgIpc) is 3.20. The van der Waals surface area contributed by atoms with Gasteiger partial charge in [0.15, 0.2) is 0 Å². The van der Waals surface area contributed by atoms with Crippen LogP contribution in [0.15, 0.2) is 36.5 Å². The van der Waals surface area contributed by atoms with Crippen molar-refractivity contribution in [3.05, 3.63) is 36.5 Å². The molecule has 0 fully saturated rings. The lowest BCUT2D eigenvalue weighted by atomic mass is 10.0. The van der Waals surface area contributed by atoms with Gasteiger partial charge in [0.2, 0.25) is 5.91 Å². The summed E-state index contributed by atoms with van der Waals surface area (Å²) < 4.78 is 23.5. The van der Waals surface area contributed by atoms with E-state index in [1.807, 2.05) is 28.1 Å². The number of hydrogen-bond acceptors (Lipinski definition) is 6. The van der Waals surface area contributed by atoms with Gasteiger partial charge in [-0.05, 0) is 58.3 Å². The first-order chi connectivity index (χ1) is 28.9. The molecule has 0 aromatic heterocycles. The molecule has 4 atom stereocenters. The summed E-state index contributed by atoms with van der Waals surface area (Å²) in [5, 5.41) is 24.7. The van der Waals surface area contributed by atoms with Crippen molar-refractivity contribution in [2.24, 2.45) is 0 Å². The number of quaternary nitrogens is 1. The zero-order valence-corrected chi connectivity index (χ0v) is 40.7. The van der Waals surface area contributed by atoms with Gasteiger partial charge < -0.3 is 24.9 Å². The lowest BCUT2D eigenvalue weighted by Crippen LogP contribution is -2.51. The van der Waals surface area contributed by atoms with E-state index in [1.54, 1.807) is 0 Å². The highest BCUT2D eigenvalue weighted by molar-refractivity contribution is 7.47. The van der Waals surface area contributed by atoms with E-state index in [0.29, 0.717) is 23.9 Å². The number of carbonyl (C=O) groups is 1. The molecule has 1 amide bonds. The van der Waals surface area contributed by atoms with Crippen molar-refractivity contribution in [2.75, 3.05) is 40.9 Å². The van der Waals surface area contributed by atoms with Crippen molar-refractivity contribution in [1.29, 1.82) is 0 Å². The van der Waals surface area contributed by atoms with Crippen LogP contribution in [0.4, 0.5) is 0 Å². The molecule has 0 spiro atoms. The van der Waals surface area contributed by atoms with Crippen LogP contribution in [0.5, 0.6) is 0 Å². The molecule has 0 rings (SSSR count). The highest BCUT2D eigenvalue weighted by Crippen LogP contribution is 2.43. The van der Waals surface area contributed by atoms with Gasteiger partial charge in [0.25, 0.3) is 0 Å². The summed E-state index contributed by atoms with van der Waals surface area (Å²) in [6, 6.07) is -1.06. The quantitative estimate of drug-likeness (QED) is 0.0208. The van der Waals surface area contributed by atoms with E-state index in [2.05, 4.69) is 48.7 Å². The minimum atomic E-state index is -4.43. The van der Waals surface area contributed by atoms with Crippen LogP contribution in [0, 0.1) is 0 Å². The van der Waals surface area contributed by atoms with Gasteiger partial charge in [-0.1, -0.05) is 191 Å². The summed E-state index contributed by atoms with van der Waals surface area (Å²) in [6.45, 7) is 4.37. The van der Waals surface area contributed by atoms with Crippen molar-refractivity contribution in [2.45, 2.75) is 238 Å². The van der Waals surface area contributed by atoms with E-state index in [1.165, 1.54) is 135 Å². The predicted octanol–water partition coefficient (Wildman–Crippen LogP) is 13.2. The number of rotatable bonds is 45. The van der Waals surface area contributed by atoms with E-state index in [4.69, 9.17) is 9.05 Å². The highest BCUT2D eigenvalue weighted by atomic mass is 31.2. The molecule has 0 radical (unpaired) electrons. The van der Waals surface area contributed by atoms with Crippen LogP contribution in [0.25, 0.3) is 0 Å². The zero-order chi connectivity index (χ0) is 44.4. The highest BCUT2D eigenvalue weighted by Gasteiger charge is 2.31. The molecule has 0 heterocycles. The molecule has 354 valence electrons. The lowest BCUT2D eigenvalue weighted by molar-refractivity contribution is -0.870. The van der Waals surface area contributed by atoms with Gasteiger partial charge in [0.1, 0.15) is 19.3 Å². The van der Waals surface area contributed by atoms with E-state index in [-0.39, 0.29) is 18.9 Å². The molecule has 0 aliphatic heterocycles. The summed E-state index contributed by atoms with van der Waals surface area (Å²) in [5.41, 5.74) is 0. The Kier molecular flexibility index (Phi) is 40.8. The molecule has 60 heavy (non-hydrogen) atoms. The minimum absolute atomic E-state index is 0.0133. The van der Waals surface area contributed by atoms with Crippen molar-refractivity contribution < 1.29 is 38.0 Å². The van der Waals surface area contributed by atoms with Crippen LogP contribution in [0.1, 0.15) is 219 Å². The number of phosphoric acid groups is 1. The molecular weight excluding hydrogens is 772 g/mol. The van der Waals surface area contributed by atoms with Gasteiger partial charge in [-0.25, -0.2) is 4.57 Å². The molecule has 0 saturated carbocycles. The normalized spacial score (nSPS) is 15.0. The number of aliphatic hydroxyl groups is 2. The fourth-order valence-corrected chi connectivity index (χ4v) is 8.04. The lowest BCUT2D eigenvalue weighted by Gasteiger charge is -2.28. The van der Waals surface area contributed by atoms with Crippen molar-refractivity contribution in [3.8, 4) is 0 Å². The smallest absolute Gasteiger partial charge is 0.390 e. The van der Waals surface area contributed by atoms with Crippen LogP contribution in [-0.4, -0.2) is 84.6 Å². The molecule has 0 aromatic carbocycles. The van der Waals surface area contributed by atoms with Crippen LogP contribution >= 0.6 is 7.82 Å². The number of hydrogen-bond donors (Lipinski definition) is 4. The number of phosphoric ester groups is 1. The number of carbonyl (C=O) groups excluding carboxylic acids is 1. The Hall–Kier alpha value is -1.32. The van der Waals surface area contributed by atoms with Crippen molar-refractivity contribution in [1.82, 2.24) is 5.32 Å². The summed E-state index contributed by atoms with van der Waals surface area (Å²) in [6.07, 6.45) is 48.1. The molecule has 0 saturated heterocycles. The average molecular weight is 870 g/mol. The van der Waals surface area contributed by atoms with Gasteiger partial charge in [0, 0.05) is 6.42 Å². The summed E-state index contributed by atoms with van der Waals surface area (Å²) in [4.78, 5) is 23.2. The van der Waals surface area contributed by atoms with Crippen molar-refractivity contribution in [3.63, 3.8) is 0 Å². The second-order valence-electron chi connectivity index (χ2n) is 18.3. The Labute approximate surface area is 370 Å². The van der Waals surface area contributed by atoms with E-state index < -0.39 is 32.7 Å². The van der Waals surface area contributed by atoms with Crippen molar-refractivity contribution >= 4 is 13.7 Å². The number of unbranched alkanes of at least 4 members (excludes halogenated alkanes) is 26. The summed E-state index contributed by atoms with van der Waals surface area (Å²) in [7, 11) is 1.41. The SMILES string of the molecule is C/C=C/CC/C=C/CC/C=C/CCCC(O)C(O)C(COP(=O)(O)OCC[N+](C)(C)C)NC(=O)CCCCCCCCCCCCCCCCCCCCCCCCCC. The third kappa shape index (κ3) is 42.0. The largest absolute Gasteiger partial charge is 0.472 e. The Morgan fingerprint density at radius 3 is 1.42 bits per heavy atom. The van der Waals surface area contributed by atoms with Gasteiger partial charge in [-0.2, -0.15) is 0 Å². The molecule has 9 nitrogen and oxygen atoms in total. The third-order valence-corrected chi connectivity index (χ3v) is 12.3. The first-order valence-corrected chi connectivity index (χ1v) is 26.4. The maximum atomic E-state index is 12.9. The number of nitrogens with one attached hydrogen (secondary N) is 1. The number of likely N-dealkylation sites (N-methyl/N-ethyl adjacent to an activating group) is 1. The standard InChI is InChI=1S/C50H97N2O7P/c1-6-8-10-12-14-16-18-20-21-22-23-24-25-26-27-28-29-30-31-33-35-37-39-41-43-49(54)51-47(46-59-60(56,57)58-45-44-52(3,4)5)50(55)48(53)42-40-38-36-34-32-19-17-15-13-11-9-7-2/h7,9,15,17,34,36,47-48,50,53,55H,6,8,10-14,16,18-33,35,37-46H2,1-5H3,(H-,51,54,56,57)/p+1/b9-7+,17-15+,36-34+. The van der Waals surface area contributed by atoms with Crippen LogP contribution in [-0.2, 0) is 18.4 Å². The molecule has 4 unspecified atom stereocenters. The Morgan fingerprint density at radius 1 is 0.600 bits per heavy atom. The van der Waals surface area contributed by atoms with E-state index >= 15 is 0 Å². The predicted molar refractivity (Wildman–Crippen MR) is 255 cm³/mol. The molecule has 4 N–H and O–H groups in total. The Bertz CT molecular complexity index is 1090. The summed E-state index contributed by atoms with van der Waals surface area (Å²) in [5.74, 6) is -0.272. The molecule has 0 aliphatic carbocycles. The van der Waals surface area contributed by atoms with E-state index in [0.717, 1.165) is 51.4 Å². The third-order valence-electron chi connectivity index (χ3n) is 11.3. The topological polar surface area (TPSA) is 125 Å². The second kappa shape index (κ2) is 41.7. The van der Waals surface area contributed by atoms with Gasteiger partial charge >= 0.3 is 7.82 Å². The maximum absolute atomic E-state index is 12.9. The Balaban J connectivity index is 4.29. The van der Waals surface area contributed by atoms with Crippen LogP contribution in [0.2, 0.25) is 0 Å². The fraction of sp³-hybridized carbons (Fsp3) is 0.860. The number of nitrogens with zero attached hydrogens (tertiary/aromatic N) is 1. The second-order valence-corrected chi connectivity index (χ2v) is 19.8. The summed E-state index contributed by atoms with van der Waals surface area (Å²) >= 11 is 0. The monoisotopic (exact) mass is 870 g/mol.